The molecular weight excluding hydrogens is 244 g/mol. The topological polar surface area (TPSA) is 32.3 Å². The standard InChI is InChI=1S/C14H22N2OS/c1-2-12(13-8-7-11-18-13)15-14(17)16-9-5-3-4-6-10-16/h7-8,11-12H,2-6,9-10H2,1H3,(H,15,17). The zero-order chi connectivity index (χ0) is 12.8. The van der Waals surface area contributed by atoms with Gasteiger partial charge in [-0.3, -0.25) is 0 Å². The minimum atomic E-state index is 0.108. The van der Waals surface area contributed by atoms with Crippen LogP contribution in [0.1, 0.15) is 49.9 Å². The summed E-state index contributed by atoms with van der Waals surface area (Å²) in [4.78, 5) is 15.5. The number of carbonyl (C=O) groups excluding carboxylic acids is 1. The van der Waals surface area contributed by atoms with Gasteiger partial charge in [0.25, 0.3) is 0 Å². The van der Waals surface area contributed by atoms with Crippen LogP contribution < -0.4 is 5.32 Å². The number of carbonyl (C=O) groups is 1. The molecule has 0 aliphatic carbocycles. The molecule has 18 heavy (non-hydrogen) atoms. The molecule has 0 radical (unpaired) electrons. The zero-order valence-corrected chi connectivity index (χ0v) is 11.8. The molecule has 1 aliphatic rings. The molecule has 0 aromatic carbocycles. The van der Waals surface area contributed by atoms with Gasteiger partial charge in [0.1, 0.15) is 0 Å². The number of amides is 2. The molecule has 0 bridgehead atoms. The summed E-state index contributed by atoms with van der Waals surface area (Å²) in [5, 5.41) is 5.23. The second kappa shape index (κ2) is 6.78. The van der Waals surface area contributed by atoms with Crippen molar-refractivity contribution in [2.24, 2.45) is 0 Å². The maximum atomic E-state index is 12.2. The number of thiophene rings is 1. The number of hydrogen-bond acceptors (Lipinski definition) is 2. The summed E-state index contributed by atoms with van der Waals surface area (Å²) < 4.78 is 0. The first-order valence-corrected chi connectivity index (χ1v) is 7.78. The van der Waals surface area contributed by atoms with Crippen LogP contribution in [0.3, 0.4) is 0 Å². The Morgan fingerprint density at radius 1 is 1.39 bits per heavy atom. The molecular formula is C14H22N2OS. The van der Waals surface area contributed by atoms with E-state index in [0.29, 0.717) is 0 Å². The molecule has 0 spiro atoms. The van der Waals surface area contributed by atoms with Crippen molar-refractivity contribution >= 4 is 17.4 Å². The van der Waals surface area contributed by atoms with Crippen LogP contribution in [0.4, 0.5) is 4.79 Å². The molecule has 1 aromatic heterocycles. The Bertz CT molecular complexity index is 356. The molecule has 2 rings (SSSR count). The summed E-state index contributed by atoms with van der Waals surface area (Å²) in [5.41, 5.74) is 0. The van der Waals surface area contributed by atoms with Crippen molar-refractivity contribution < 1.29 is 4.79 Å². The second-order valence-corrected chi connectivity index (χ2v) is 5.81. The molecule has 4 heteroatoms. The van der Waals surface area contributed by atoms with Gasteiger partial charge in [-0.05, 0) is 30.7 Å². The fraction of sp³-hybridized carbons (Fsp3) is 0.643. The maximum Gasteiger partial charge on any atom is 0.317 e. The maximum absolute atomic E-state index is 12.2. The molecule has 1 aliphatic heterocycles. The van der Waals surface area contributed by atoms with E-state index in [-0.39, 0.29) is 12.1 Å². The van der Waals surface area contributed by atoms with E-state index in [1.54, 1.807) is 11.3 Å². The van der Waals surface area contributed by atoms with Crippen LogP contribution >= 0.6 is 11.3 Å². The Labute approximate surface area is 113 Å². The van der Waals surface area contributed by atoms with Gasteiger partial charge in [-0.1, -0.05) is 25.8 Å². The Hall–Kier alpha value is -1.03. The Morgan fingerprint density at radius 3 is 2.67 bits per heavy atom. The zero-order valence-electron chi connectivity index (χ0n) is 11.0. The predicted octanol–water partition coefficient (Wildman–Crippen LogP) is 3.78. The molecule has 1 fully saturated rings. The van der Waals surface area contributed by atoms with Crippen LogP contribution in [0.2, 0.25) is 0 Å². The molecule has 100 valence electrons. The molecule has 2 heterocycles. The SMILES string of the molecule is CCC(NC(=O)N1CCCCCC1)c1cccs1. The average Bonchev–Trinajstić information content (AvgIpc) is 2.77. The number of rotatable bonds is 3. The first-order valence-electron chi connectivity index (χ1n) is 6.90. The van der Waals surface area contributed by atoms with Gasteiger partial charge in [0.05, 0.1) is 6.04 Å². The Morgan fingerprint density at radius 2 is 2.11 bits per heavy atom. The number of nitrogens with zero attached hydrogens (tertiary/aromatic N) is 1. The first kappa shape index (κ1) is 13.4. The van der Waals surface area contributed by atoms with Crippen molar-refractivity contribution in [1.82, 2.24) is 10.2 Å². The van der Waals surface area contributed by atoms with Crippen molar-refractivity contribution in [2.45, 2.75) is 45.1 Å². The summed E-state index contributed by atoms with van der Waals surface area (Å²) in [7, 11) is 0. The molecule has 1 N–H and O–H groups in total. The lowest BCUT2D eigenvalue weighted by Gasteiger charge is -2.24. The van der Waals surface area contributed by atoms with Crippen LogP contribution in [0.15, 0.2) is 17.5 Å². The molecule has 1 aromatic rings. The van der Waals surface area contributed by atoms with Gasteiger partial charge in [0.15, 0.2) is 0 Å². The Balaban J connectivity index is 1.92. The van der Waals surface area contributed by atoms with Gasteiger partial charge < -0.3 is 10.2 Å². The highest BCUT2D eigenvalue weighted by Crippen LogP contribution is 2.22. The van der Waals surface area contributed by atoms with Crippen molar-refractivity contribution in [3.8, 4) is 0 Å². The highest BCUT2D eigenvalue weighted by Gasteiger charge is 2.19. The number of likely N-dealkylation sites (tertiary alicyclic amines) is 1. The fourth-order valence-corrected chi connectivity index (χ4v) is 3.24. The van der Waals surface area contributed by atoms with Crippen LogP contribution in [-0.4, -0.2) is 24.0 Å². The normalized spacial score (nSPS) is 18.2. The van der Waals surface area contributed by atoms with E-state index < -0.39 is 0 Å². The third kappa shape index (κ3) is 3.48. The van der Waals surface area contributed by atoms with Crippen LogP contribution in [0, 0.1) is 0 Å². The minimum absolute atomic E-state index is 0.108. The molecule has 3 nitrogen and oxygen atoms in total. The van der Waals surface area contributed by atoms with Crippen molar-refractivity contribution in [2.75, 3.05) is 13.1 Å². The van der Waals surface area contributed by atoms with E-state index >= 15 is 0 Å². The van der Waals surface area contributed by atoms with E-state index in [1.807, 2.05) is 11.0 Å². The average molecular weight is 266 g/mol. The first-order chi connectivity index (χ1) is 8.81. The summed E-state index contributed by atoms with van der Waals surface area (Å²) in [6.07, 6.45) is 5.74. The summed E-state index contributed by atoms with van der Waals surface area (Å²) in [6, 6.07) is 4.42. The van der Waals surface area contributed by atoms with Gasteiger partial charge in [0, 0.05) is 18.0 Å². The van der Waals surface area contributed by atoms with Crippen LogP contribution in [0.5, 0.6) is 0 Å². The van der Waals surface area contributed by atoms with Crippen molar-refractivity contribution in [3.63, 3.8) is 0 Å². The van der Waals surface area contributed by atoms with Crippen molar-refractivity contribution in [3.05, 3.63) is 22.4 Å². The third-order valence-electron chi connectivity index (χ3n) is 3.49. The summed E-state index contributed by atoms with van der Waals surface area (Å²) in [5.74, 6) is 0. The predicted molar refractivity (Wildman–Crippen MR) is 75.9 cm³/mol. The molecule has 1 unspecified atom stereocenters. The molecule has 1 atom stereocenters. The van der Waals surface area contributed by atoms with E-state index in [0.717, 1.165) is 32.4 Å². The van der Waals surface area contributed by atoms with Gasteiger partial charge in [-0.15, -0.1) is 11.3 Å². The van der Waals surface area contributed by atoms with E-state index in [2.05, 4.69) is 23.7 Å². The number of hydrogen-bond donors (Lipinski definition) is 1. The lowest BCUT2D eigenvalue weighted by atomic mass is 10.2. The van der Waals surface area contributed by atoms with Gasteiger partial charge >= 0.3 is 6.03 Å². The summed E-state index contributed by atoms with van der Waals surface area (Å²) >= 11 is 1.72. The lowest BCUT2D eigenvalue weighted by molar-refractivity contribution is 0.195. The highest BCUT2D eigenvalue weighted by atomic mass is 32.1. The van der Waals surface area contributed by atoms with Crippen LogP contribution in [-0.2, 0) is 0 Å². The monoisotopic (exact) mass is 266 g/mol. The lowest BCUT2D eigenvalue weighted by Crippen LogP contribution is -2.41. The quantitative estimate of drug-likeness (QED) is 0.887. The van der Waals surface area contributed by atoms with Gasteiger partial charge in [0.2, 0.25) is 0 Å². The van der Waals surface area contributed by atoms with E-state index in [4.69, 9.17) is 0 Å². The van der Waals surface area contributed by atoms with E-state index in [1.165, 1.54) is 17.7 Å². The Kier molecular flexibility index (Phi) is 5.05. The van der Waals surface area contributed by atoms with Gasteiger partial charge in [-0.2, -0.15) is 0 Å². The smallest absolute Gasteiger partial charge is 0.317 e. The highest BCUT2D eigenvalue weighted by molar-refractivity contribution is 7.10. The van der Waals surface area contributed by atoms with E-state index in [9.17, 15) is 4.79 Å². The molecule has 2 amide bonds. The number of nitrogens with one attached hydrogen (secondary N) is 1. The van der Waals surface area contributed by atoms with Gasteiger partial charge in [-0.25, -0.2) is 4.79 Å². The van der Waals surface area contributed by atoms with Crippen molar-refractivity contribution in [1.29, 1.82) is 0 Å². The third-order valence-corrected chi connectivity index (χ3v) is 4.47. The molecule has 0 saturated carbocycles. The second-order valence-electron chi connectivity index (χ2n) is 4.83. The summed E-state index contributed by atoms with van der Waals surface area (Å²) in [6.45, 7) is 3.94. The van der Waals surface area contributed by atoms with Crippen LogP contribution in [0.25, 0.3) is 0 Å². The fourth-order valence-electron chi connectivity index (χ4n) is 2.38. The molecule has 1 saturated heterocycles. The largest absolute Gasteiger partial charge is 0.330 e. The minimum Gasteiger partial charge on any atom is -0.330 e. The number of urea groups is 1.